The number of halogens is 1. The molecule has 1 atom stereocenters. The molecular formula is C17H20ClN3O2S2. The Hall–Kier alpha value is -1.44. The van der Waals surface area contributed by atoms with Gasteiger partial charge in [0, 0.05) is 11.8 Å². The smallest absolute Gasteiger partial charge is 0.251 e. The second-order valence-corrected chi connectivity index (χ2v) is 8.93. The van der Waals surface area contributed by atoms with Crippen LogP contribution in [0.25, 0.3) is 0 Å². The maximum absolute atomic E-state index is 12.3. The van der Waals surface area contributed by atoms with E-state index in [0.29, 0.717) is 32.6 Å². The van der Waals surface area contributed by atoms with Crippen LogP contribution in [0.3, 0.4) is 0 Å². The highest BCUT2D eigenvalue weighted by atomic mass is 35.5. The number of H-pyrrole nitrogens is 1. The first-order valence-corrected chi connectivity index (χ1v) is 10.1. The first-order chi connectivity index (χ1) is 11.8. The molecule has 0 bridgehead atoms. The van der Waals surface area contributed by atoms with E-state index >= 15 is 0 Å². The average molecular weight is 398 g/mol. The van der Waals surface area contributed by atoms with Crippen LogP contribution < -0.4 is 10.9 Å². The summed E-state index contributed by atoms with van der Waals surface area (Å²) in [7, 11) is 0. The van der Waals surface area contributed by atoms with Crippen molar-refractivity contribution in [3.8, 4) is 0 Å². The number of benzene rings is 1. The first kappa shape index (κ1) is 19.9. The number of hydrogen-bond acceptors (Lipinski definition) is 5. The van der Waals surface area contributed by atoms with Gasteiger partial charge in [0.15, 0.2) is 5.16 Å². The quantitative estimate of drug-likeness (QED) is 0.541. The summed E-state index contributed by atoms with van der Waals surface area (Å²) >= 11 is 8.97. The van der Waals surface area contributed by atoms with Crippen LogP contribution >= 0.6 is 35.1 Å². The second-order valence-electron chi connectivity index (χ2n) is 5.63. The highest BCUT2D eigenvalue weighted by molar-refractivity contribution is 8.00. The van der Waals surface area contributed by atoms with Gasteiger partial charge in [-0.25, -0.2) is 4.98 Å². The fraction of sp³-hybridized carbons (Fsp3) is 0.353. The Morgan fingerprint density at radius 3 is 2.72 bits per heavy atom. The van der Waals surface area contributed by atoms with Crippen molar-refractivity contribution in [3.63, 3.8) is 0 Å². The van der Waals surface area contributed by atoms with Gasteiger partial charge in [0.2, 0.25) is 5.91 Å². The highest BCUT2D eigenvalue weighted by Gasteiger charge is 2.17. The van der Waals surface area contributed by atoms with Gasteiger partial charge in [-0.3, -0.25) is 9.59 Å². The van der Waals surface area contributed by atoms with Gasteiger partial charge in [0.1, 0.15) is 0 Å². The molecule has 0 spiro atoms. The van der Waals surface area contributed by atoms with Crippen molar-refractivity contribution in [2.75, 3.05) is 5.32 Å². The summed E-state index contributed by atoms with van der Waals surface area (Å²) in [5, 5.41) is 3.72. The van der Waals surface area contributed by atoms with E-state index in [-0.39, 0.29) is 11.5 Å². The van der Waals surface area contributed by atoms with Crippen LogP contribution in [-0.4, -0.2) is 26.4 Å². The van der Waals surface area contributed by atoms with Crippen molar-refractivity contribution in [2.45, 2.75) is 42.2 Å². The number of nitrogens with one attached hydrogen (secondary N) is 2. The van der Waals surface area contributed by atoms with Crippen molar-refractivity contribution in [1.29, 1.82) is 0 Å². The van der Waals surface area contributed by atoms with Crippen molar-refractivity contribution >= 4 is 46.7 Å². The standard InChI is InChI=1S/C17H20ClN3O2S2/c1-10(2)24-9-12-8-15(22)21-17(19-12)25-11(3)16(23)20-14-7-5-4-6-13(14)18/h4-8,10-11H,9H2,1-3H3,(H,20,23)(H,19,21,22). The Balaban J connectivity index is 2.04. The number of thioether (sulfide) groups is 2. The van der Waals surface area contributed by atoms with Crippen LogP contribution in [0.5, 0.6) is 0 Å². The van der Waals surface area contributed by atoms with E-state index in [1.54, 1.807) is 43.0 Å². The highest BCUT2D eigenvalue weighted by Crippen LogP contribution is 2.24. The van der Waals surface area contributed by atoms with E-state index in [0.717, 1.165) is 0 Å². The number of carbonyl (C=O) groups is 1. The number of carbonyl (C=O) groups excluding carboxylic acids is 1. The Kier molecular flexibility index (Phi) is 7.40. The summed E-state index contributed by atoms with van der Waals surface area (Å²) in [5.41, 5.74) is 1.06. The fourth-order valence-electron chi connectivity index (χ4n) is 1.88. The minimum Gasteiger partial charge on any atom is -0.324 e. The van der Waals surface area contributed by atoms with Crippen LogP contribution in [0.4, 0.5) is 5.69 Å². The van der Waals surface area contributed by atoms with E-state index in [2.05, 4.69) is 29.1 Å². The molecule has 1 unspecified atom stereocenters. The second kappa shape index (κ2) is 9.31. The molecule has 8 heteroatoms. The van der Waals surface area contributed by atoms with E-state index in [1.807, 2.05) is 0 Å². The number of nitrogens with zero attached hydrogens (tertiary/aromatic N) is 1. The number of rotatable bonds is 7. The van der Waals surface area contributed by atoms with Gasteiger partial charge in [-0.15, -0.1) is 0 Å². The summed E-state index contributed by atoms with van der Waals surface area (Å²) in [6.07, 6.45) is 0. The summed E-state index contributed by atoms with van der Waals surface area (Å²) < 4.78 is 0. The number of para-hydroxylation sites is 1. The van der Waals surface area contributed by atoms with Gasteiger partial charge >= 0.3 is 0 Å². The van der Waals surface area contributed by atoms with Gasteiger partial charge in [0.05, 0.1) is 21.7 Å². The Morgan fingerprint density at radius 1 is 1.32 bits per heavy atom. The lowest BCUT2D eigenvalue weighted by Gasteiger charge is -2.13. The lowest BCUT2D eigenvalue weighted by molar-refractivity contribution is -0.115. The van der Waals surface area contributed by atoms with Crippen LogP contribution in [-0.2, 0) is 10.5 Å². The zero-order valence-electron chi connectivity index (χ0n) is 14.2. The van der Waals surface area contributed by atoms with Crippen LogP contribution in [0.2, 0.25) is 5.02 Å². The summed E-state index contributed by atoms with van der Waals surface area (Å²) in [5.74, 6) is 0.456. The van der Waals surface area contributed by atoms with Crippen LogP contribution in [0.15, 0.2) is 40.3 Å². The predicted molar refractivity (Wildman–Crippen MR) is 107 cm³/mol. The average Bonchev–Trinajstić information content (AvgIpc) is 2.54. The molecule has 0 radical (unpaired) electrons. The van der Waals surface area contributed by atoms with Gasteiger partial charge in [-0.1, -0.05) is 49.3 Å². The molecule has 2 N–H and O–H groups in total. The van der Waals surface area contributed by atoms with Crippen molar-refractivity contribution in [2.24, 2.45) is 0 Å². The Bertz CT molecular complexity index is 795. The molecule has 2 rings (SSSR count). The lowest BCUT2D eigenvalue weighted by atomic mass is 10.3. The fourth-order valence-corrected chi connectivity index (χ4v) is 3.55. The molecule has 25 heavy (non-hydrogen) atoms. The van der Waals surface area contributed by atoms with Crippen molar-refractivity contribution in [1.82, 2.24) is 9.97 Å². The molecular weight excluding hydrogens is 378 g/mol. The first-order valence-electron chi connectivity index (χ1n) is 7.79. The number of aromatic nitrogens is 2. The molecule has 1 heterocycles. The van der Waals surface area contributed by atoms with Gasteiger partial charge < -0.3 is 10.3 Å². The summed E-state index contributed by atoms with van der Waals surface area (Å²) in [6, 6.07) is 8.54. The Labute approximate surface area is 160 Å². The maximum atomic E-state index is 12.3. The van der Waals surface area contributed by atoms with Crippen molar-refractivity contribution < 1.29 is 4.79 Å². The third-order valence-corrected chi connectivity index (χ3v) is 5.57. The molecule has 0 saturated heterocycles. The van der Waals surface area contributed by atoms with Crippen LogP contribution in [0.1, 0.15) is 26.5 Å². The lowest BCUT2D eigenvalue weighted by Crippen LogP contribution is -2.23. The monoisotopic (exact) mass is 397 g/mol. The Morgan fingerprint density at radius 2 is 2.04 bits per heavy atom. The normalized spacial score (nSPS) is 12.2. The van der Waals surface area contributed by atoms with E-state index in [4.69, 9.17) is 11.6 Å². The van der Waals surface area contributed by atoms with Gasteiger partial charge in [-0.2, -0.15) is 11.8 Å². The SMILES string of the molecule is CC(C)SCc1cc(=O)[nH]c(SC(C)C(=O)Nc2ccccc2Cl)n1. The molecule has 1 aromatic carbocycles. The third-order valence-electron chi connectivity index (χ3n) is 3.13. The molecule has 0 aliphatic carbocycles. The molecule has 0 fully saturated rings. The molecule has 0 aliphatic heterocycles. The van der Waals surface area contributed by atoms with E-state index < -0.39 is 5.25 Å². The van der Waals surface area contributed by atoms with Gasteiger partial charge in [0.25, 0.3) is 5.56 Å². The maximum Gasteiger partial charge on any atom is 0.251 e. The van der Waals surface area contributed by atoms with E-state index in [9.17, 15) is 9.59 Å². The molecule has 2 aromatic rings. The summed E-state index contributed by atoms with van der Waals surface area (Å²) in [4.78, 5) is 31.3. The summed E-state index contributed by atoms with van der Waals surface area (Å²) in [6.45, 7) is 5.94. The molecule has 0 saturated carbocycles. The number of aromatic amines is 1. The largest absolute Gasteiger partial charge is 0.324 e. The van der Waals surface area contributed by atoms with Crippen LogP contribution in [0, 0.1) is 0 Å². The molecule has 1 amide bonds. The zero-order valence-corrected chi connectivity index (χ0v) is 16.6. The van der Waals surface area contributed by atoms with Crippen molar-refractivity contribution in [3.05, 3.63) is 51.4 Å². The molecule has 5 nitrogen and oxygen atoms in total. The topological polar surface area (TPSA) is 74.8 Å². The number of anilines is 1. The molecule has 1 aromatic heterocycles. The zero-order chi connectivity index (χ0) is 18.4. The number of hydrogen-bond donors (Lipinski definition) is 2. The minimum atomic E-state index is -0.438. The number of amides is 1. The van der Waals surface area contributed by atoms with Gasteiger partial charge in [-0.05, 0) is 24.3 Å². The molecule has 134 valence electrons. The minimum absolute atomic E-state index is 0.206. The third kappa shape index (κ3) is 6.41. The van der Waals surface area contributed by atoms with E-state index in [1.165, 1.54) is 17.8 Å². The molecule has 0 aliphatic rings. The predicted octanol–water partition coefficient (Wildman–Crippen LogP) is 4.18.